The molecule has 0 amide bonds. The van der Waals surface area contributed by atoms with Gasteiger partial charge in [-0.1, -0.05) is 128 Å². The molecule has 0 atom stereocenters. The van der Waals surface area contributed by atoms with Crippen molar-refractivity contribution in [2.75, 3.05) is 0 Å². The van der Waals surface area contributed by atoms with Gasteiger partial charge in [0.25, 0.3) is 6.33 Å². The second-order valence-corrected chi connectivity index (χ2v) is 22.2. The lowest BCUT2D eigenvalue weighted by Crippen LogP contribution is -2.31. The number of aromatic nitrogens is 5. The van der Waals surface area contributed by atoms with Gasteiger partial charge in [-0.2, -0.15) is 0 Å². The molecule has 0 aliphatic carbocycles. The first-order valence-electron chi connectivity index (χ1n) is 23.0. The third kappa shape index (κ3) is 8.54. The van der Waals surface area contributed by atoms with Gasteiger partial charge in [0.05, 0.1) is 39.6 Å². The summed E-state index contributed by atoms with van der Waals surface area (Å²) < 4.78 is 31.3. The Kier molecular flexibility index (Phi) is 9.73. The Labute approximate surface area is 372 Å². The van der Waals surface area contributed by atoms with Gasteiger partial charge in [-0.3, -0.25) is 18.7 Å². The Bertz CT molecular complexity index is 3050. The van der Waals surface area contributed by atoms with Crippen LogP contribution < -0.4 is 9.30 Å². The van der Waals surface area contributed by atoms with Crippen LogP contribution in [0, 0.1) is 11.7 Å². The molecule has 8 rings (SSSR count). The molecule has 0 unspecified atom stereocenters. The van der Waals surface area contributed by atoms with Crippen LogP contribution in [0.15, 0.2) is 110 Å². The number of rotatable bonds is 6. The molecular formula is C56H65N5O. The fourth-order valence-corrected chi connectivity index (χ4v) is 8.12. The molecule has 0 spiro atoms. The number of hydrogen-bond donors (Lipinski definition) is 0. The Morgan fingerprint density at radius 2 is 1.23 bits per heavy atom. The molecule has 4 heterocycles. The Balaban J connectivity index is 1.27. The van der Waals surface area contributed by atoms with Crippen molar-refractivity contribution in [1.82, 2.24) is 19.1 Å². The Hall–Kier alpha value is -5.75. The first-order chi connectivity index (χ1) is 29.6. The van der Waals surface area contributed by atoms with Gasteiger partial charge >= 0.3 is 0 Å². The standard InChI is InChI=1S/C56H65N5O/c1-52(2,3)32-36-22-23-58-51(24-36)61-47-20-16-37(53(4,5)6)28-46(47)45-19-18-43(31-49(45)61)62-44-30-42(33-57-34-44)60-35-59(48-21-17-38(29-50(48)60)54(7,8)9)41-26-39(55(10,11)12)25-40(27-41)56(13,14)15/h16-31,33-34H,32H2,1-15H3/i32D2. The summed E-state index contributed by atoms with van der Waals surface area (Å²) in [6.07, 6.45) is 7.50. The molecule has 8 aromatic rings. The van der Waals surface area contributed by atoms with Crippen molar-refractivity contribution in [3.8, 4) is 28.7 Å². The van der Waals surface area contributed by atoms with Crippen molar-refractivity contribution in [1.29, 1.82) is 0 Å². The topological polar surface area (TPSA) is 48.8 Å². The number of pyridine rings is 2. The molecule has 62 heavy (non-hydrogen) atoms. The van der Waals surface area contributed by atoms with Gasteiger partial charge in [0.2, 0.25) is 0 Å². The van der Waals surface area contributed by atoms with E-state index < -0.39 is 11.8 Å². The molecular weight excluding hydrogens is 759 g/mol. The van der Waals surface area contributed by atoms with Crippen LogP contribution in [0.25, 0.3) is 50.0 Å². The van der Waals surface area contributed by atoms with Gasteiger partial charge in [0.15, 0.2) is 0 Å². The third-order valence-electron chi connectivity index (χ3n) is 11.7. The molecule has 0 aliphatic rings. The van der Waals surface area contributed by atoms with Crippen LogP contribution in [0.1, 0.15) is 134 Å². The average Bonchev–Trinajstić information content (AvgIpc) is 3.74. The van der Waals surface area contributed by atoms with Crippen LogP contribution in [-0.2, 0) is 28.0 Å². The molecule has 320 valence electrons. The van der Waals surface area contributed by atoms with Gasteiger partial charge in [-0.15, -0.1) is 0 Å². The zero-order valence-electron chi connectivity index (χ0n) is 41.5. The van der Waals surface area contributed by atoms with Gasteiger partial charge < -0.3 is 4.74 Å². The van der Waals surface area contributed by atoms with E-state index in [0.29, 0.717) is 22.9 Å². The summed E-state index contributed by atoms with van der Waals surface area (Å²) in [6.45, 7) is 32.8. The second-order valence-electron chi connectivity index (χ2n) is 22.2. The van der Waals surface area contributed by atoms with Crippen molar-refractivity contribution < 1.29 is 12.0 Å². The highest BCUT2D eigenvalue weighted by molar-refractivity contribution is 6.09. The van der Waals surface area contributed by atoms with Crippen molar-refractivity contribution in [3.63, 3.8) is 0 Å². The lowest BCUT2D eigenvalue weighted by atomic mass is 9.80. The number of fused-ring (bicyclic) bond motifs is 4. The molecule has 4 aromatic heterocycles. The SMILES string of the molecule is [2H]C([2H])(c1ccnc(-n2c3ccc(C(C)(C)C)cc3c3ccc(Oc4cncc(-n5[c-][n+](-c6cc(C(C)(C)C)cc(C(C)(C)C)c6)c6ccc(C(C)(C)C)cc65)c4)cc32)c1)C(C)(C)C. The molecule has 0 saturated heterocycles. The monoisotopic (exact) mass is 826 g/mol. The summed E-state index contributed by atoms with van der Waals surface area (Å²) in [5, 5.41) is 2.16. The molecule has 6 heteroatoms. The predicted molar refractivity (Wildman–Crippen MR) is 258 cm³/mol. The van der Waals surface area contributed by atoms with Gasteiger partial charge in [-0.25, -0.2) is 4.98 Å². The number of benzene rings is 4. The highest BCUT2D eigenvalue weighted by Gasteiger charge is 2.25. The van der Waals surface area contributed by atoms with Crippen LogP contribution >= 0.6 is 0 Å². The molecule has 0 N–H and O–H groups in total. The minimum absolute atomic E-state index is 0.0424. The molecule has 0 aliphatic heterocycles. The summed E-state index contributed by atoms with van der Waals surface area (Å²) in [6, 6.07) is 32.2. The van der Waals surface area contributed by atoms with Gasteiger partial charge in [0, 0.05) is 32.0 Å². The number of imidazole rings is 1. The third-order valence-corrected chi connectivity index (χ3v) is 11.7. The van der Waals surface area contributed by atoms with Gasteiger partial charge in [-0.05, 0) is 122 Å². The molecule has 6 nitrogen and oxygen atoms in total. The number of nitrogens with zero attached hydrogens (tertiary/aromatic N) is 5. The van der Waals surface area contributed by atoms with E-state index in [1.54, 1.807) is 18.5 Å². The summed E-state index contributed by atoms with van der Waals surface area (Å²) in [5.74, 6) is 1.88. The first-order valence-corrected chi connectivity index (χ1v) is 22.0. The quantitative estimate of drug-likeness (QED) is 0.124. The largest absolute Gasteiger partial charge is 0.456 e. The van der Waals surface area contributed by atoms with E-state index in [1.807, 2.05) is 45.2 Å². The van der Waals surface area contributed by atoms with Crippen molar-refractivity contribution >= 4 is 32.8 Å². The lowest BCUT2D eigenvalue weighted by molar-refractivity contribution is -0.572. The highest BCUT2D eigenvalue weighted by atomic mass is 16.5. The van der Waals surface area contributed by atoms with Crippen LogP contribution in [-0.4, -0.2) is 19.1 Å². The Morgan fingerprint density at radius 1 is 0.581 bits per heavy atom. The van der Waals surface area contributed by atoms with E-state index in [1.165, 1.54) is 22.3 Å². The van der Waals surface area contributed by atoms with E-state index in [2.05, 4.69) is 170 Å². The summed E-state index contributed by atoms with van der Waals surface area (Å²) >= 11 is 0. The molecule has 4 aromatic carbocycles. The minimum Gasteiger partial charge on any atom is -0.456 e. The van der Waals surface area contributed by atoms with E-state index in [9.17, 15) is 0 Å². The van der Waals surface area contributed by atoms with E-state index in [0.717, 1.165) is 44.2 Å². The van der Waals surface area contributed by atoms with E-state index in [-0.39, 0.29) is 21.7 Å². The molecule has 0 radical (unpaired) electrons. The van der Waals surface area contributed by atoms with Crippen molar-refractivity contribution in [3.05, 3.63) is 144 Å². The first kappa shape index (κ1) is 40.3. The highest BCUT2D eigenvalue weighted by Crippen LogP contribution is 2.39. The zero-order valence-corrected chi connectivity index (χ0v) is 39.5. The Morgan fingerprint density at radius 3 is 1.87 bits per heavy atom. The summed E-state index contributed by atoms with van der Waals surface area (Å²) in [5.41, 5.74) is 10.7. The smallest absolute Gasteiger partial charge is 0.269 e. The van der Waals surface area contributed by atoms with Crippen molar-refractivity contribution in [2.45, 2.75) is 132 Å². The van der Waals surface area contributed by atoms with Crippen LogP contribution in [0.4, 0.5) is 0 Å². The maximum absolute atomic E-state index is 9.09. The van der Waals surface area contributed by atoms with Gasteiger partial charge in [0.1, 0.15) is 17.3 Å². The normalized spacial score (nSPS) is 13.9. The fourth-order valence-electron chi connectivity index (χ4n) is 8.12. The van der Waals surface area contributed by atoms with E-state index >= 15 is 0 Å². The lowest BCUT2D eigenvalue weighted by Gasteiger charge is -2.26. The van der Waals surface area contributed by atoms with Crippen LogP contribution in [0.2, 0.25) is 0 Å². The average molecular weight is 826 g/mol. The molecule has 0 saturated carbocycles. The fraction of sp³-hybridized carbons (Fsp3) is 0.375. The maximum atomic E-state index is 9.09. The maximum Gasteiger partial charge on any atom is 0.269 e. The van der Waals surface area contributed by atoms with Crippen LogP contribution in [0.5, 0.6) is 11.5 Å². The second kappa shape index (κ2) is 15.0. The number of hydrogen-bond acceptors (Lipinski definition) is 3. The zero-order chi connectivity index (χ0) is 46.5. The predicted octanol–water partition coefficient (Wildman–Crippen LogP) is 14.2. The molecule has 0 bridgehead atoms. The molecule has 0 fully saturated rings. The summed E-state index contributed by atoms with van der Waals surface area (Å²) in [4.78, 5) is 9.58. The van der Waals surface area contributed by atoms with Crippen LogP contribution in [0.3, 0.4) is 0 Å². The minimum atomic E-state index is -1.59. The van der Waals surface area contributed by atoms with Crippen molar-refractivity contribution in [2.24, 2.45) is 5.41 Å². The summed E-state index contributed by atoms with van der Waals surface area (Å²) in [7, 11) is 0. The number of ether oxygens (including phenoxy) is 1. The van der Waals surface area contributed by atoms with E-state index in [4.69, 9.17) is 17.4 Å².